The number of benzene rings is 3. The topological polar surface area (TPSA) is 113 Å². The van der Waals surface area contributed by atoms with Crippen LogP contribution in [0.25, 0.3) is 0 Å². The highest BCUT2D eigenvalue weighted by atomic mass is 32.2. The predicted octanol–water partition coefficient (Wildman–Crippen LogP) is 4.30. The van der Waals surface area contributed by atoms with Gasteiger partial charge in [0.1, 0.15) is 25.6 Å². The van der Waals surface area contributed by atoms with Crippen molar-refractivity contribution in [3.05, 3.63) is 95.3 Å². The Bertz CT molecular complexity index is 1570. The molecule has 8 nitrogen and oxygen atoms in total. The zero-order chi connectivity index (χ0) is 31.4. The van der Waals surface area contributed by atoms with Crippen LogP contribution in [-0.4, -0.2) is 50.8 Å². The summed E-state index contributed by atoms with van der Waals surface area (Å²) in [5.41, 5.74) is -3.93. The number of nitrogens with one attached hydrogen (secondary N) is 1. The second-order valence-corrected chi connectivity index (χ2v) is 11.7. The average molecular weight is 627 g/mol. The number of fused-ring (bicyclic) bond motifs is 1. The minimum absolute atomic E-state index is 0.0180. The van der Waals surface area contributed by atoms with Crippen LogP contribution in [0.4, 0.5) is 27.6 Å². The van der Waals surface area contributed by atoms with Crippen LogP contribution in [0, 0.1) is 5.82 Å². The number of anilines is 1. The number of aryl methyl sites for hydroxylation is 1. The fourth-order valence-electron chi connectivity index (χ4n) is 4.69. The van der Waals surface area contributed by atoms with Gasteiger partial charge in [0.15, 0.2) is 0 Å². The van der Waals surface area contributed by atoms with Crippen molar-refractivity contribution in [2.45, 2.75) is 48.6 Å². The van der Waals surface area contributed by atoms with Gasteiger partial charge in [0.05, 0.1) is 16.6 Å². The first-order valence-corrected chi connectivity index (χ1v) is 14.4. The molecule has 2 atom stereocenters. The third-order valence-corrected chi connectivity index (χ3v) is 8.88. The van der Waals surface area contributed by atoms with Gasteiger partial charge in [-0.2, -0.15) is 13.2 Å². The van der Waals surface area contributed by atoms with E-state index in [-0.39, 0.29) is 35.6 Å². The van der Waals surface area contributed by atoms with E-state index in [9.17, 15) is 45.1 Å². The number of rotatable bonds is 10. The molecule has 0 aliphatic carbocycles. The van der Waals surface area contributed by atoms with Gasteiger partial charge in [-0.15, -0.1) is 0 Å². The van der Waals surface area contributed by atoms with Crippen LogP contribution in [0.15, 0.2) is 77.7 Å². The number of amides is 1. The number of alkyl halides is 4. The highest BCUT2D eigenvalue weighted by Gasteiger charge is 2.55. The highest BCUT2D eigenvalue weighted by molar-refractivity contribution is 7.92. The minimum Gasteiger partial charge on any atom is -0.460 e. The van der Waals surface area contributed by atoms with Crippen molar-refractivity contribution in [3.8, 4) is 0 Å². The standard InChI is InChI=1S/C29H27F5N2O6S/c30-18-28(39,29(32,33)34)21-7-13-25-20(14-21)6-10-23(36(25)43(40,41)24-11-8-22(31)9-12-24)15-26(37)35-16-27(38)42-17-19-4-2-1-3-5-19/h1-5,7-9,11-14,23,39H,6,10,15-18H2,(H,35,37)/t23-,28?/m0/s1. The molecule has 1 aliphatic rings. The average Bonchev–Trinajstić information content (AvgIpc) is 2.98. The smallest absolute Gasteiger partial charge is 0.424 e. The number of hydrogen-bond acceptors (Lipinski definition) is 6. The number of nitrogens with zero attached hydrogens (tertiary/aromatic N) is 1. The van der Waals surface area contributed by atoms with Gasteiger partial charge in [0.25, 0.3) is 10.0 Å². The van der Waals surface area contributed by atoms with Crippen molar-refractivity contribution in [3.63, 3.8) is 0 Å². The van der Waals surface area contributed by atoms with Crippen molar-refractivity contribution in [2.75, 3.05) is 17.5 Å². The number of sulfonamides is 1. The normalized spacial score (nSPS) is 16.6. The molecule has 0 saturated carbocycles. The fraction of sp³-hybridized carbons (Fsp3) is 0.310. The summed E-state index contributed by atoms with van der Waals surface area (Å²) in [7, 11) is -4.50. The lowest BCUT2D eigenvalue weighted by Crippen LogP contribution is -2.47. The third-order valence-electron chi connectivity index (χ3n) is 7.00. The molecule has 4 rings (SSSR count). The van der Waals surface area contributed by atoms with Crippen LogP contribution in [0.1, 0.15) is 29.5 Å². The van der Waals surface area contributed by atoms with E-state index in [0.717, 1.165) is 52.3 Å². The first-order chi connectivity index (χ1) is 20.3. The van der Waals surface area contributed by atoms with Crippen LogP contribution >= 0.6 is 0 Å². The Morgan fingerprint density at radius 1 is 1.02 bits per heavy atom. The zero-order valence-electron chi connectivity index (χ0n) is 22.5. The molecule has 1 aliphatic heterocycles. The summed E-state index contributed by atoms with van der Waals surface area (Å²) >= 11 is 0. The summed E-state index contributed by atoms with van der Waals surface area (Å²) in [4.78, 5) is 24.6. The quantitative estimate of drug-likeness (QED) is 0.256. The third kappa shape index (κ3) is 6.96. The van der Waals surface area contributed by atoms with Crippen molar-refractivity contribution in [2.24, 2.45) is 0 Å². The Morgan fingerprint density at radius 3 is 2.33 bits per heavy atom. The van der Waals surface area contributed by atoms with Crippen molar-refractivity contribution in [1.82, 2.24) is 5.32 Å². The van der Waals surface area contributed by atoms with E-state index in [2.05, 4.69) is 5.32 Å². The maximum atomic E-state index is 13.7. The Kier molecular flexibility index (Phi) is 9.40. The van der Waals surface area contributed by atoms with E-state index < -0.39 is 70.7 Å². The van der Waals surface area contributed by atoms with Crippen LogP contribution < -0.4 is 9.62 Å². The Morgan fingerprint density at radius 2 is 1.70 bits per heavy atom. The molecular weight excluding hydrogens is 599 g/mol. The highest BCUT2D eigenvalue weighted by Crippen LogP contribution is 2.43. The Labute approximate surface area is 244 Å². The summed E-state index contributed by atoms with van der Waals surface area (Å²) < 4.78 is 101. The molecule has 0 aromatic heterocycles. The summed E-state index contributed by atoms with van der Waals surface area (Å²) in [6.07, 6.45) is -5.86. The van der Waals surface area contributed by atoms with Gasteiger partial charge in [0, 0.05) is 6.42 Å². The number of carbonyl (C=O) groups excluding carboxylic acids is 2. The lowest BCUT2D eigenvalue weighted by atomic mass is 9.88. The van der Waals surface area contributed by atoms with Gasteiger partial charge in [0.2, 0.25) is 11.5 Å². The number of carbonyl (C=O) groups is 2. The maximum absolute atomic E-state index is 13.7. The van der Waals surface area contributed by atoms with E-state index in [4.69, 9.17) is 4.74 Å². The molecule has 230 valence electrons. The molecule has 14 heteroatoms. The SMILES string of the molecule is O=C(C[C@@H]1CCc2cc(C(O)(CF)C(F)(F)F)ccc2N1S(=O)(=O)c1ccc(F)cc1)NCC(=O)OCc1ccccc1. The molecular formula is C29H27F5N2O6S. The van der Waals surface area contributed by atoms with E-state index >= 15 is 0 Å². The van der Waals surface area contributed by atoms with Gasteiger partial charge < -0.3 is 15.2 Å². The second kappa shape index (κ2) is 12.7. The number of hydrogen-bond donors (Lipinski definition) is 2. The summed E-state index contributed by atoms with van der Waals surface area (Å²) in [6, 6.07) is 14.2. The van der Waals surface area contributed by atoms with Gasteiger partial charge in [-0.05, 0) is 59.9 Å². The first kappa shape index (κ1) is 31.9. The van der Waals surface area contributed by atoms with Gasteiger partial charge in [-0.25, -0.2) is 17.2 Å². The van der Waals surface area contributed by atoms with E-state index in [1.807, 2.05) is 0 Å². The van der Waals surface area contributed by atoms with Crippen molar-refractivity contribution < 1.29 is 49.8 Å². The van der Waals surface area contributed by atoms with Crippen LogP contribution in [0.2, 0.25) is 0 Å². The number of halogens is 5. The molecule has 3 aromatic carbocycles. The molecule has 3 aromatic rings. The van der Waals surface area contributed by atoms with Gasteiger partial charge in [-0.3, -0.25) is 13.9 Å². The van der Waals surface area contributed by atoms with Crippen LogP contribution in [0.3, 0.4) is 0 Å². The van der Waals surface area contributed by atoms with E-state index in [0.29, 0.717) is 0 Å². The molecule has 1 unspecified atom stereocenters. The first-order valence-electron chi connectivity index (χ1n) is 13.0. The second-order valence-electron chi connectivity index (χ2n) is 9.91. The summed E-state index contributed by atoms with van der Waals surface area (Å²) in [6.45, 7) is -2.68. The molecule has 2 N–H and O–H groups in total. The number of ether oxygens (including phenoxy) is 1. The number of aliphatic hydroxyl groups is 1. The van der Waals surface area contributed by atoms with Crippen molar-refractivity contribution in [1.29, 1.82) is 0 Å². The lowest BCUT2D eigenvalue weighted by molar-refractivity contribution is -0.271. The monoisotopic (exact) mass is 626 g/mol. The fourth-order valence-corrected chi connectivity index (χ4v) is 6.40. The molecule has 0 radical (unpaired) electrons. The number of esters is 1. The largest absolute Gasteiger partial charge is 0.460 e. The molecule has 0 saturated heterocycles. The van der Waals surface area contributed by atoms with Gasteiger partial charge >= 0.3 is 12.1 Å². The maximum Gasteiger partial charge on any atom is 0.424 e. The van der Waals surface area contributed by atoms with E-state index in [1.54, 1.807) is 30.3 Å². The molecule has 1 amide bonds. The summed E-state index contributed by atoms with van der Waals surface area (Å²) in [5.74, 6) is -2.15. The lowest BCUT2D eigenvalue weighted by Gasteiger charge is -2.38. The zero-order valence-corrected chi connectivity index (χ0v) is 23.3. The van der Waals surface area contributed by atoms with Crippen LogP contribution in [0.5, 0.6) is 0 Å². The van der Waals surface area contributed by atoms with Gasteiger partial charge in [-0.1, -0.05) is 42.5 Å². The Balaban J connectivity index is 1.58. The molecule has 43 heavy (non-hydrogen) atoms. The molecule has 0 bridgehead atoms. The van der Waals surface area contributed by atoms with Crippen molar-refractivity contribution >= 4 is 27.6 Å². The predicted molar refractivity (Wildman–Crippen MR) is 144 cm³/mol. The Hall–Kier alpha value is -4.04. The summed E-state index contributed by atoms with van der Waals surface area (Å²) in [5, 5.41) is 12.5. The van der Waals surface area contributed by atoms with E-state index in [1.165, 1.54) is 0 Å². The van der Waals surface area contributed by atoms with Crippen LogP contribution in [-0.2, 0) is 43.0 Å². The molecule has 0 spiro atoms. The molecule has 1 heterocycles. The minimum atomic E-state index is -5.35. The molecule has 0 fully saturated rings.